The average Bonchev–Trinajstić information content (AvgIpc) is 2.86. The monoisotopic (exact) mass is 300 g/mol. The van der Waals surface area contributed by atoms with E-state index in [4.69, 9.17) is 22.7 Å². The Morgan fingerprint density at radius 2 is 1.90 bits per heavy atom. The fraction of sp³-hybridized carbons (Fsp3) is 0.0625. The summed E-state index contributed by atoms with van der Waals surface area (Å²) in [7, 11) is 1.61. The van der Waals surface area contributed by atoms with Crippen molar-refractivity contribution in [2.75, 3.05) is 7.11 Å². The van der Waals surface area contributed by atoms with Crippen LogP contribution in [-0.4, -0.2) is 17.1 Å². The number of aromatic amines is 1. The van der Waals surface area contributed by atoms with Gasteiger partial charge in [-0.3, -0.25) is 0 Å². The molecular formula is C16H13FN2OS. The minimum absolute atomic E-state index is 0.234. The maximum Gasteiger partial charge on any atom is 0.123 e. The second-order valence-corrected chi connectivity index (χ2v) is 5.10. The molecule has 0 fully saturated rings. The summed E-state index contributed by atoms with van der Waals surface area (Å²) in [6.07, 6.45) is 0. The van der Waals surface area contributed by atoms with E-state index in [0.717, 1.165) is 22.5 Å². The number of methoxy groups -OCH3 is 1. The lowest BCUT2D eigenvalue weighted by Crippen LogP contribution is -2.10. The zero-order valence-electron chi connectivity index (χ0n) is 11.3. The highest BCUT2D eigenvalue weighted by Gasteiger charge is 2.16. The van der Waals surface area contributed by atoms with Crippen LogP contribution in [0.5, 0.6) is 5.75 Å². The standard InChI is InChI=1S/C16H13FN2OS/c1-20-11-5-2-9(3-6-11)15-14(16(18)21)12-8-10(17)4-7-13(12)19-15/h2-8,19H,1H3,(H2,18,21). The number of rotatable bonds is 3. The van der Waals surface area contributed by atoms with Crippen LogP contribution in [0.25, 0.3) is 22.2 Å². The van der Waals surface area contributed by atoms with E-state index in [9.17, 15) is 4.39 Å². The zero-order chi connectivity index (χ0) is 15.0. The molecule has 0 unspecified atom stereocenters. The number of aromatic nitrogens is 1. The lowest BCUT2D eigenvalue weighted by molar-refractivity contribution is 0.415. The van der Waals surface area contributed by atoms with E-state index >= 15 is 0 Å². The SMILES string of the molecule is COc1ccc(-c2[nH]c3ccc(F)cc3c2C(N)=S)cc1. The van der Waals surface area contributed by atoms with Gasteiger partial charge in [0.05, 0.1) is 12.8 Å². The zero-order valence-corrected chi connectivity index (χ0v) is 12.1. The first-order chi connectivity index (χ1) is 10.1. The Balaban J connectivity index is 2.25. The molecular weight excluding hydrogens is 287 g/mol. The molecule has 2 aromatic carbocycles. The smallest absolute Gasteiger partial charge is 0.123 e. The molecule has 3 aromatic rings. The summed E-state index contributed by atoms with van der Waals surface area (Å²) in [6.45, 7) is 0. The van der Waals surface area contributed by atoms with Crippen molar-refractivity contribution in [3.05, 3.63) is 53.8 Å². The molecule has 0 aliphatic heterocycles. The van der Waals surface area contributed by atoms with Gasteiger partial charge in [-0.15, -0.1) is 0 Å². The van der Waals surface area contributed by atoms with E-state index in [1.54, 1.807) is 13.2 Å². The number of benzene rings is 2. The summed E-state index contributed by atoms with van der Waals surface area (Å²) in [4.78, 5) is 3.49. The minimum atomic E-state index is -0.319. The quantitative estimate of drug-likeness (QED) is 0.726. The first-order valence-electron chi connectivity index (χ1n) is 6.35. The fourth-order valence-corrected chi connectivity index (χ4v) is 2.61. The molecule has 1 heterocycles. The molecule has 0 aliphatic carbocycles. The van der Waals surface area contributed by atoms with E-state index in [1.807, 2.05) is 24.3 Å². The lowest BCUT2D eigenvalue weighted by Gasteiger charge is -2.05. The summed E-state index contributed by atoms with van der Waals surface area (Å²) in [5, 5.41) is 0.688. The highest BCUT2D eigenvalue weighted by Crippen LogP contribution is 2.31. The van der Waals surface area contributed by atoms with Crippen LogP contribution < -0.4 is 10.5 Å². The van der Waals surface area contributed by atoms with Gasteiger partial charge in [-0.1, -0.05) is 12.2 Å². The van der Waals surface area contributed by atoms with Gasteiger partial charge < -0.3 is 15.5 Å². The van der Waals surface area contributed by atoms with Gasteiger partial charge in [-0.25, -0.2) is 4.39 Å². The third-order valence-electron chi connectivity index (χ3n) is 3.39. The Kier molecular flexibility index (Phi) is 3.35. The van der Waals surface area contributed by atoms with E-state index in [2.05, 4.69) is 4.98 Å². The second-order valence-electron chi connectivity index (χ2n) is 4.66. The third kappa shape index (κ3) is 2.36. The maximum atomic E-state index is 13.5. The lowest BCUT2D eigenvalue weighted by atomic mass is 10.1. The van der Waals surface area contributed by atoms with Crippen molar-refractivity contribution >= 4 is 28.1 Å². The van der Waals surface area contributed by atoms with E-state index in [1.165, 1.54) is 12.1 Å². The van der Waals surface area contributed by atoms with Gasteiger partial charge in [0.1, 0.15) is 16.6 Å². The number of nitrogens with two attached hydrogens (primary N) is 1. The molecule has 3 nitrogen and oxygen atoms in total. The van der Waals surface area contributed by atoms with Crippen molar-refractivity contribution in [1.29, 1.82) is 0 Å². The van der Waals surface area contributed by atoms with E-state index in [0.29, 0.717) is 10.9 Å². The van der Waals surface area contributed by atoms with E-state index in [-0.39, 0.29) is 10.8 Å². The largest absolute Gasteiger partial charge is 0.497 e. The highest BCUT2D eigenvalue weighted by molar-refractivity contribution is 7.80. The van der Waals surface area contributed by atoms with Crippen molar-refractivity contribution in [2.24, 2.45) is 5.73 Å². The molecule has 0 saturated carbocycles. The number of thiocarbonyl (C=S) groups is 1. The molecule has 0 spiro atoms. The maximum absolute atomic E-state index is 13.5. The molecule has 21 heavy (non-hydrogen) atoms. The van der Waals surface area contributed by atoms with Crippen LogP contribution in [0.3, 0.4) is 0 Å². The number of hydrogen-bond acceptors (Lipinski definition) is 2. The summed E-state index contributed by atoms with van der Waals surface area (Å²) in [6, 6.07) is 12.0. The summed E-state index contributed by atoms with van der Waals surface area (Å²) < 4.78 is 18.6. The summed E-state index contributed by atoms with van der Waals surface area (Å²) in [5.41, 5.74) is 8.98. The Bertz CT molecular complexity index is 824. The van der Waals surface area contributed by atoms with Crippen molar-refractivity contribution < 1.29 is 9.13 Å². The average molecular weight is 300 g/mol. The van der Waals surface area contributed by atoms with Crippen molar-refractivity contribution in [3.8, 4) is 17.0 Å². The Labute approximate surface area is 126 Å². The Morgan fingerprint density at radius 1 is 1.19 bits per heavy atom. The predicted molar refractivity (Wildman–Crippen MR) is 86.1 cm³/mol. The molecule has 3 rings (SSSR count). The molecule has 3 N–H and O–H groups in total. The normalized spacial score (nSPS) is 10.8. The fourth-order valence-electron chi connectivity index (χ4n) is 2.39. The van der Waals surface area contributed by atoms with Crippen LogP contribution in [0.1, 0.15) is 5.56 Å². The summed E-state index contributed by atoms with van der Waals surface area (Å²) in [5.74, 6) is 0.443. The second kappa shape index (κ2) is 5.18. The van der Waals surface area contributed by atoms with Gasteiger partial charge in [0.25, 0.3) is 0 Å². The molecule has 0 saturated heterocycles. The van der Waals surface area contributed by atoms with Crippen LogP contribution in [0.15, 0.2) is 42.5 Å². The van der Waals surface area contributed by atoms with Crippen LogP contribution in [0.2, 0.25) is 0 Å². The number of halogens is 1. The number of hydrogen-bond donors (Lipinski definition) is 2. The molecule has 1 aromatic heterocycles. The van der Waals surface area contributed by atoms with Gasteiger partial charge >= 0.3 is 0 Å². The topological polar surface area (TPSA) is 51.0 Å². The van der Waals surface area contributed by atoms with Crippen molar-refractivity contribution in [1.82, 2.24) is 4.98 Å². The van der Waals surface area contributed by atoms with Crippen LogP contribution >= 0.6 is 12.2 Å². The molecule has 0 amide bonds. The molecule has 0 atom stereocenters. The predicted octanol–water partition coefficient (Wildman–Crippen LogP) is 3.62. The Morgan fingerprint density at radius 3 is 2.52 bits per heavy atom. The van der Waals surface area contributed by atoms with Crippen molar-refractivity contribution in [3.63, 3.8) is 0 Å². The van der Waals surface area contributed by atoms with Gasteiger partial charge in [-0.2, -0.15) is 0 Å². The molecule has 0 bridgehead atoms. The van der Waals surface area contributed by atoms with Gasteiger partial charge in [0.15, 0.2) is 0 Å². The first-order valence-corrected chi connectivity index (χ1v) is 6.76. The van der Waals surface area contributed by atoms with E-state index < -0.39 is 0 Å². The highest BCUT2D eigenvalue weighted by atomic mass is 32.1. The summed E-state index contributed by atoms with van der Waals surface area (Å²) >= 11 is 5.13. The van der Waals surface area contributed by atoms with Gasteiger partial charge in [-0.05, 0) is 48.0 Å². The van der Waals surface area contributed by atoms with Crippen LogP contribution in [0, 0.1) is 5.82 Å². The Hall–Kier alpha value is -2.40. The van der Waals surface area contributed by atoms with Gasteiger partial charge in [0.2, 0.25) is 0 Å². The van der Waals surface area contributed by atoms with Crippen LogP contribution in [0.4, 0.5) is 4.39 Å². The number of fused-ring (bicyclic) bond motifs is 1. The number of H-pyrrole nitrogens is 1. The first kappa shape index (κ1) is 13.6. The number of nitrogens with one attached hydrogen (secondary N) is 1. The molecule has 106 valence electrons. The van der Waals surface area contributed by atoms with Crippen LogP contribution in [-0.2, 0) is 0 Å². The molecule has 0 aliphatic rings. The van der Waals surface area contributed by atoms with Gasteiger partial charge in [0, 0.05) is 16.5 Å². The minimum Gasteiger partial charge on any atom is -0.497 e. The molecule has 5 heteroatoms. The molecule has 0 radical (unpaired) electrons. The third-order valence-corrected chi connectivity index (χ3v) is 3.59. The van der Waals surface area contributed by atoms with Crippen molar-refractivity contribution in [2.45, 2.75) is 0 Å². The number of ether oxygens (including phenoxy) is 1.